The largest absolute Gasteiger partial charge is 2.00 e. The second-order valence-electron chi connectivity index (χ2n) is 10.8. The van der Waals surface area contributed by atoms with Gasteiger partial charge in [0, 0.05) is 24.8 Å². The average molecular weight is 675 g/mol. The second-order valence-corrected chi connectivity index (χ2v) is 10.8. The Hall–Kier alpha value is -6.14. The Labute approximate surface area is 296 Å². The van der Waals surface area contributed by atoms with Crippen molar-refractivity contribution in [2.24, 2.45) is 0 Å². The van der Waals surface area contributed by atoms with Crippen molar-refractivity contribution in [3.8, 4) is 67.8 Å². The summed E-state index contributed by atoms with van der Waals surface area (Å²) in [6.45, 7) is 0. The Morgan fingerprint density at radius 3 is 0.755 bits per heavy atom. The van der Waals surface area contributed by atoms with Crippen LogP contribution in [0.4, 0.5) is 0 Å². The molecule has 0 radical (unpaired) electrons. The molecule has 0 saturated heterocycles. The molecule has 0 saturated carbocycles. The van der Waals surface area contributed by atoms with E-state index in [2.05, 4.69) is 68.5 Å². The van der Waals surface area contributed by atoms with Crippen molar-refractivity contribution >= 4 is 0 Å². The number of hydrogen-bond acceptors (Lipinski definition) is 6. The van der Waals surface area contributed by atoms with Gasteiger partial charge >= 0.3 is 17.1 Å². The topological polar surface area (TPSA) is 77.3 Å². The molecule has 0 aliphatic heterocycles. The van der Waals surface area contributed by atoms with Crippen molar-refractivity contribution in [2.45, 2.75) is 0 Å². The second kappa shape index (κ2) is 16.1. The third-order valence-electron chi connectivity index (χ3n) is 7.57. The summed E-state index contributed by atoms with van der Waals surface area (Å²) in [6.07, 6.45) is 7.14. The van der Waals surface area contributed by atoms with Gasteiger partial charge in [-0.15, -0.1) is 0 Å². The SMILES string of the molecule is [Fe+2].c1ccc(-c2cc(-c3ccccn3)nc(-c3ccccn3)c2)cc1.c1ccc(-c2cc(-c3ccccn3)nc(-c3ccccn3)c2)cc1. The minimum absolute atomic E-state index is 0. The average Bonchev–Trinajstić information content (AvgIpc) is 3.20. The zero-order valence-corrected chi connectivity index (χ0v) is 27.5. The molecule has 0 aliphatic rings. The molecule has 0 fully saturated rings. The minimum atomic E-state index is 0. The van der Waals surface area contributed by atoms with Gasteiger partial charge in [0.15, 0.2) is 0 Å². The van der Waals surface area contributed by atoms with Crippen molar-refractivity contribution in [1.29, 1.82) is 0 Å². The summed E-state index contributed by atoms with van der Waals surface area (Å²) in [5.41, 5.74) is 11.3. The van der Waals surface area contributed by atoms with E-state index in [0.717, 1.165) is 67.8 Å². The van der Waals surface area contributed by atoms with Gasteiger partial charge in [-0.1, -0.05) is 84.9 Å². The van der Waals surface area contributed by atoms with Gasteiger partial charge in [-0.2, -0.15) is 0 Å². The van der Waals surface area contributed by atoms with E-state index in [4.69, 9.17) is 9.97 Å². The third-order valence-corrected chi connectivity index (χ3v) is 7.57. The van der Waals surface area contributed by atoms with Crippen LogP contribution in [0.25, 0.3) is 67.8 Å². The van der Waals surface area contributed by atoms with Crippen LogP contribution >= 0.6 is 0 Å². The zero-order chi connectivity index (χ0) is 32.4. The fourth-order valence-corrected chi connectivity index (χ4v) is 5.24. The van der Waals surface area contributed by atoms with Gasteiger partial charge in [0.25, 0.3) is 0 Å². The molecule has 0 bridgehead atoms. The van der Waals surface area contributed by atoms with Crippen molar-refractivity contribution in [2.75, 3.05) is 0 Å². The van der Waals surface area contributed by atoms with E-state index < -0.39 is 0 Å². The van der Waals surface area contributed by atoms with Crippen LogP contribution in [0.1, 0.15) is 0 Å². The van der Waals surface area contributed by atoms with Crippen LogP contribution < -0.4 is 0 Å². The van der Waals surface area contributed by atoms with Crippen LogP contribution in [0.2, 0.25) is 0 Å². The van der Waals surface area contributed by atoms with Crippen molar-refractivity contribution in [3.05, 3.63) is 183 Å². The Bertz CT molecular complexity index is 1760. The molecule has 2 aromatic carbocycles. The number of aromatic nitrogens is 6. The number of nitrogens with zero attached hydrogens (tertiary/aromatic N) is 6. The van der Waals surface area contributed by atoms with E-state index in [-0.39, 0.29) is 17.1 Å². The van der Waals surface area contributed by atoms with E-state index in [1.807, 2.05) is 109 Å². The molecule has 0 N–H and O–H groups in total. The van der Waals surface area contributed by atoms with Gasteiger partial charge in [-0.3, -0.25) is 19.9 Å². The zero-order valence-electron chi connectivity index (χ0n) is 26.4. The molecule has 6 nitrogen and oxygen atoms in total. The fourth-order valence-electron chi connectivity index (χ4n) is 5.24. The van der Waals surface area contributed by atoms with Gasteiger partial charge in [-0.05, 0) is 95.1 Å². The molecule has 6 heterocycles. The molecular weight excluding hydrogens is 644 g/mol. The van der Waals surface area contributed by atoms with Gasteiger partial charge in [-0.25, -0.2) is 9.97 Å². The van der Waals surface area contributed by atoms with Crippen LogP contribution in [-0.4, -0.2) is 29.9 Å². The quantitative estimate of drug-likeness (QED) is 0.164. The van der Waals surface area contributed by atoms with E-state index in [0.29, 0.717) is 0 Å². The number of rotatable bonds is 6. The summed E-state index contributed by atoms with van der Waals surface area (Å²) in [5.74, 6) is 0. The predicted octanol–water partition coefficient (Wildman–Crippen LogP) is 9.74. The first kappa shape index (κ1) is 32.8. The molecule has 0 amide bonds. The van der Waals surface area contributed by atoms with Crippen molar-refractivity contribution < 1.29 is 17.1 Å². The van der Waals surface area contributed by atoms with E-state index in [1.54, 1.807) is 24.8 Å². The normalized spacial score (nSPS) is 10.3. The summed E-state index contributed by atoms with van der Waals surface area (Å²) in [6, 6.07) is 52.3. The molecule has 8 rings (SSSR count). The van der Waals surface area contributed by atoms with Crippen molar-refractivity contribution in [1.82, 2.24) is 29.9 Å². The first-order valence-corrected chi connectivity index (χ1v) is 15.6. The predicted molar refractivity (Wildman–Crippen MR) is 192 cm³/mol. The molecule has 6 aromatic heterocycles. The summed E-state index contributed by atoms with van der Waals surface area (Å²) in [7, 11) is 0. The number of pyridine rings is 6. The molecule has 0 unspecified atom stereocenters. The summed E-state index contributed by atoms with van der Waals surface area (Å²) < 4.78 is 0. The molecule has 0 atom stereocenters. The first-order chi connectivity index (χ1) is 23.8. The van der Waals surface area contributed by atoms with Crippen LogP contribution in [0, 0.1) is 0 Å². The van der Waals surface area contributed by atoms with E-state index in [1.165, 1.54) is 0 Å². The number of hydrogen-bond donors (Lipinski definition) is 0. The van der Waals surface area contributed by atoms with Gasteiger partial charge in [0.1, 0.15) is 0 Å². The molecular formula is C42H30FeN6+2. The molecule has 49 heavy (non-hydrogen) atoms. The molecule has 8 aromatic rings. The molecule has 0 aliphatic carbocycles. The van der Waals surface area contributed by atoms with Crippen LogP contribution in [0.15, 0.2) is 183 Å². The number of benzene rings is 2. The minimum Gasteiger partial charge on any atom is -0.255 e. The van der Waals surface area contributed by atoms with Crippen LogP contribution in [-0.2, 0) is 17.1 Å². The maximum Gasteiger partial charge on any atom is 2.00 e. The Morgan fingerprint density at radius 1 is 0.245 bits per heavy atom. The monoisotopic (exact) mass is 674 g/mol. The molecule has 7 heteroatoms. The third kappa shape index (κ3) is 8.24. The summed E-state index contributed by atoms with van der Waals surface area (Å²) >= 11 is 0. The van der Waals surface area contributed by atoms with E-state index in [9.17, 15) is 0 Å². The summed E-state index contributed by atoms with van der Waals surface area (Å²) in [4.78, 5) is 27.3. The fraction of sp³-hybridized carbons (Fsp3) is 0. The first-order valence-electron chi connectivity index (χ1n) is 15.6. The van der Waals surface area contributed by atoms with Crippen LogP contribution in [0.5, 0.6) is 0 Å². The maximum atomic E-state index is 4.77. The smallest absolute Gasteiger partial charge is 0.255 e. The van der Waals surface area contributed by atoms with Crippen LogP contribution in [0.3, 0.4) is 0 Å². The van der Waals surface area contributed by atoms with E-state index >= 15 is 0 Å². The Morgan fingerprint density at radius 2 is 0.510 bits per heavy atom. The van der Waals surface area contributed by atoms with Gasteiger partial charge < -0.3 is 0 Å². The Balaban J connectivity index is 0.000000167. The van der Waals surface area contributed by atoms with Gasteiger partial charge in [0.2, 0.25) is 0 Å². The van der Waals surface area contributed by atoms with Crippen molar-refractivity contribution in [3.63, 3.8) is 0 Å². The standard InChI is InChI=1S/2C21H15N3.Fe/c2*1-2-8-16(9-3-1)17-14-20(18-10-4-6-12-22-18)24-21(15-17)19-11-5-7-13-23-19;/h2*1-15H;/q;;+2. The summed E-state index contributed by atoms with van der Waals surface area (Å²) in [5, 5.41) is 0. The van der Waals surface area contributed by atoms with Gasteiger partial charge in [0.05, 0.1) is 45.6 Å². The Kier molecular flexibility index (Phi) is 10.8. The molecule has 0 spiro atoms. The maximum absolute atomic E-state index is 4.77. The molecule has 234 valence electrons.